The maximum absolute atomic E-state index is 5.58. The molecule has 0 aliphatic heterocycles. The Balaban J connectivity index is 2.02. The average Bonchev–Trinajstić information content (AvgIpc) is 2.27. The molecule has 0 spiro atoms. The van der Waals surface area contributed by atoms with Crippen LogP contribution in [0.15, 0.2) is 36.5 Å². The molecule has 2 aromatic heterocycles. The van der Waals surface area contributed by atoms with Crippen molar-refractivity contribution in [1.82, 2.24) is 9.97 Å². The molecule has 0 radical (unpaired) electrons. The molecule has 0 fully saturated rings. The summed E-state index contributed by atoms with van der Waals surface area (Å²) in [6.45, 7) is 2.67. The standard InChI is InChI=1S/C12H14N4/c1-9-3-2-4-11(16-9)8-15-10-5-6-14-12(13)7-10/h2-7H,8H2,1H3,(H3,13,14,15). The molecule has 2 rings (SSSR count). The molecule has 0 saturated carbocycles. The third-order valence-electron chi connectivity index (χ3n) is 2.20. The Morgan fingerprint density at radius 1 is 1.31 bits per heavy atom. The van der Waals surface area contributed by atoms with E-state index in [-0.39, 0.29) is 0 Å². The van der Waals surface area contributed by atoms with Crippen LogP contribution in [0.3, 0.4) is 0 Å². The van der Waals surface area contributed by atoms with Gasteiger partial charge in [0.1, 0.15) is 5.82 Å². The SMILES string of the molecule is Cc1cccc(CNc2ccnc(N)c2)n1. The van der Waals surface area contributed by atoms with Crippen LogP contribution in [0, 0.1) is 6.92 Å². The molecule has 82 valence electrons. The number of nitrogens with one attached hydrogen (secondary N) is 1. The fourth-order valence-electron chi connectivity index (χ4n) is 1.45. The lowest BCUT2D eigenvalue weighted by molar-refractivity contribution is 1.01. The summed E-state index contributed by atoms with van der Waals surface area (Å²) in [6, 6.07) is 9.65. The number of rotatable bonds is 3. The first kappa shape index (κ1) is 10.4. The summed E-state index contributed by atoms with van der Waals surface area (Å²) in [4.78, 5) is 8.33. The zero-order valence-corrected chi connectivity index (χ0v) is 9.14. The van der Waals surface area contributed by atoms with E-state index in [0.29, 0.717) is 12.4 Å². The lowest BCUT2D eigenvalue weighted by atomic mass is 10.3. The largest absolute Gasteiger partial charge is 0.384 e. The average molecular weight is 214 g/mol. The fourth-order valence-corrected chi connectivity index (χ4v) is 1.45. The molecule has 0 saturated heterocycles. The van der Waals surface area contributed by atoms with E-state index in [1.165, 1.54) is 0 Å². The zero-order valence-electron chi connectivity index (χ0n) is 9.14. The summed E-state index contributed by atoms with van der Waals surface area (Å²) in [5, 5.41) is 3.25. The highest BCUT2D eigenvalue weighted by molar-refractivity contribution is 5.49. The van der Waals surface area contributed by atoms with E-state index in [1.54, 1.807) is 12.3 Å². The van der Waals surface area contributed by atoms with Gasteiger partial charge in [-0.25, -0.2) is 4.98 Å². The van der Waals surface area contributed by atoms with Gasteiger partial charge in [0.15, 0.2) is 0 Å². The van der Waals surface area contributed by atoms with E-state index in [2.05, 4.69) is 15.3 Å². The Labute approximate surface area is 94.5 Å². The number of pyridine rings is 2. The van der Waals surface area contributed by atoms with E-state index in [4.69, 9.17) is 5.73 Å². The van der Waals surface area contributed by atoms with Gasteiger partial charge >= 0.3 is 0 Å². The van der Waals surface area contributed by atoms with E-state index in [0.717, 1.165) is 17.1 Å². The van der Waals surface area contributed by atoms with Crippen molar-refractivity contribution < 1.29 is 0 Å². The Morgan fingerprint density at radius 3 is 2.94 bits per heavy atom. The van der Waals surface area contributed by atoms with Gasteiger partial charge in [0.2, 0.25) is 0 Å². The molecule has 2 heterocycles. The van der Waals surface area contributed by atoms with Crippen LogP contribution >= 0.6 is 0 Å². The minimum atomic E-state index is 0.516. The van der Waals surface area contributed by atoms with Crippen LogP contribution in [0.4, 0.5) is 11.5 Å². The molecule has 0 aliphatic rings. The summed E-state index contributed by atoms with van der Waals surface area (Å²) < 4.78 is 0. The first-order valence-electron chi connectivity index (χ1n) is 5.12. The molecular formula is C12H14N4. The fraction of sp³-hybridized carbons (Fsp3) is 0.167. The first-order chi connectivity index (χ1) is 7.74. The lowest BCUT2D eigenvalue weighted by Gasteiger charge is -2.06. The molecule has 0 aromatic carbocycles. The summed E-state index contributed by atoms with van der Waals surface area (Å²) in [7, 11) is 0. The van der Waals surface area contributed by atoms with E-state index in [1.807, 2.05) is 31.2 Å². The van der Waals surface area contributed by atoms with Crippen molar-refractivity contribution in [3.05, 3.63) is 47.9 Å². The van der Waals surface area contributed by atoms with Crippen molar-refractivity contribution in [3.8, 4) is 0 Å². The predicted molar refractivity (Wildman–Crippen MR) is 65.0 cm³/mol. The molecule has 4 heteroatoms. The highest BCUT2D eigenvalue weighted by Gasteiger charge is 1.96. The molecule has 0 unspecified atom stereocenters. The minimum Gasteiger partial charge on any atom is -0.384 e. The Kier molecular flexibility index (Phi) is 3.00. The molecule has 4 nitrogen and oxygen atoms in total. The Hall–Kier alpha value is -2.10. The first-order valence-corrected chi connectivity index (χ1v) is 5.12. The zero-order chi connectivity index (χ0) is 11.4. The molecule has 0 amide bonds. The number of nitrogens with zero attached hydrogens (tertiary/aromatic N) is 2. The normalized spacial score (nSPS) is 10.1. The number of aromatic nitrogens is 2. The quantitative estimate of drug-likeness (QED) is 0.820. The van der Waals surface area contributed by atoms with Crippen molar-refractivity contribution >= 4 is 11.5 Å². The van der Waals surface area contributed by atoms with Crippen molar-refractivity contribution in [2.45, 2.75) is 13.5 Å². The van der Waals surface area contributed by atoms with Crippen LogP contribution in [0.25, 0.3) is 0 Å². The van der Waals surface area contributed by atoms with Crippen LogP contribution in [0.1, 0.15) is 11.4 Å². The van der Waals surface area contributed by atoms with Crippen LogP contribution < -0.4 is 11.1 Å². The maximum Gasteiger partial charge on any atom is 0.125 e. The topological polar surface area (TPSA) is 63.8 Å². The number of hydrogen-bond acceptors (Lipinski definition) is 4. The number of hydrogen-bond donors (Lipinski definition) is 2. The lowest BCUT2D eigenvalue weighted by Crippen LogP contribution is -2.03. The Bertz CT molecular complexity index is 436. The number of aryl methyl sites for hydroxylation is 1. The maximum atomic E-state index is 5.58. The van der Waals surface area contributed by atoms with Crippen LogP contribution in [-0.4, -0.2) is 9.97 Å². The van der Waals surface area contributed by atoms with Crippen molar-refractivity contribution in [2.75, 3.05) is 11.1 Å². The van der Waals surface area contributed by atoms with Gasteiger partial charge in [-0.2, -0.15) is 0 Å². The third-order valence-corrected chi connectivity index (χ3v) is 2.20. The van der Waals surface area contributed by atoms with E-state index in [9.17, 15) is 0 Å². The number of anilines is 2. The van der Waals surface area contributed by atoms with Gasteiger partial charge in [-0.15, -0.1) is 0 Å². The second-order valence-electron chi connectivity index (χ2n) is 3.59. The highest BCUT2D eigenvalue weighted by Crippen LogP contribution is 2.10. The van der Waals surface area contributed by atoms with Gasteiger partial charge in [0.25, 0.3) is 0 Å². The summed E-state index contributed by atoms with van der Waals surface area (Å²) in [5.41, 5.74) is 8.57. The van der Waals surface area contributed by atoms with E-state index < -0.39 is 0 Å². The molecular weight excluding hydrogens is 200 g/mol. The number of nitrogens with two attached hydrogens (primary N) is 1. The number of nitrogen functional groups attached to an aromatic ring is 1. The molecule has 16 heavy (non-hydrogen) atoms. The van der Waals surface area contributed by atoms with Gasteiger partial charge < -0.3 is 11.1 Å². The third kappa shape index (κ3) is 2.70. The van der Waals surface area contributed by atoms with Crippen molar-refractivity contribution in [2.24, 2.45) is 0 Å². The van der Waals surface area contributed by atoms with E-state index >= 15 is 0 Å². The molecule has 2 aromatic rings. The highest BCUT2D eigenvalue weighted by atomic mass is 14.9. The van der Waals surface area contributed by atoms with Crippen LogP contribution in [0.2, 0.25) is 0 Å². The second kappa shape index (κ2) is 4.61. The van der Waals surface area contributed by atoms with Gasteiger partial charge in [-0.3, -0.25) is 4.98 Å². The van der Waals surface area contributed by atoms with Gasteiger partial charge in [-0.1, -0.05) is 6.07 Å². The molecule has 0 aliphatic carbocycles. The molecule has 3 N–H and O–H groups in total. The van der Waals surface area contributed by atoms with Crippen LogP contribution in [0.5, 0.6) is 0 Å². The van der Waals surface area contributed by atoms with Gasteiger partial charge in [0, 0.05) is 23.6 Å². The predicted octanol–water partition coefficient (Wildman–Crippen LogP) is 1.98. The summed E-state index contributed by atoms with van der Waals surface area (Å²) in [5.74, 6) is 0.516. The van der Waals surface area contributed by atoms with Gasteiger partial charge in [0.05, 0.1) is 12.2 Å². The van der Waals surface area contributed by atoms with Crippen LogP contribution in [-0.2, 0) is 6.54 Å². The van der Waals surface area contributed by atoms with Crippen molar-refractivity contribution in [1.29, 1.82) is 0 Å². The minimum absolute atomic E-state index is 0.516. The molecule has 0 atom stereocenters. The summed E-state index contributed by atoms with van der Waals surface area (Å²) in [6.07, 6.45) is 1.68. The summed E-state index contributed by atoms with van der Waals surface area (Å²) >= 11 is 0. The Morgan fingerprint density at radius 2 is 2.19 bits per heavy atom. The monoisotopic (exact) mass is 214 g/mol. The van der Waals surface area contributed by atoms with Crippen molar-refractivity contribution in [3.63, 3.8) is 0 Å². The molecule has 0 bridgehead atoms. The second-order valence-corrected chi connectivity index (χ2v) is 3.59. The smallest absolute Gasteiger partial charge is 0.125 e. The van der Waals surface area contributed by atoms with Gasteiger partial charge in [-0.05, 0) is 25.1 Å².